The van der Waals surface area contributed by atoms with Gasteiger partial charge in [-0.05, 0) is 35.9 Å². The van der Waals surface area contributed by atoms with Crippen molar-refractivity contribution in [2.24, 2.45) is 5.11 Å². The molecule has 9 heteroatoms. The van der Waals surface area contributed by atoms with Gasteiger partial charge in [0.25, 0.3) is 5.91 Å². The molecular formula is C14H8ClF3N4O. The van der Waals surface area contributed by atoms with Crippen LogP contribution in [0.2, 0.25) is 5.02 Å². The molecule has 0 saturated heterocycles. The van der Waals surface area contributed by atoms with Crippen molar-refractivity contribution >= 4 is 28.9 Å². The van der Waals surface area contributed by atoms with Crippen LogP contribution in [0.4, 0.5) is 24.5 Å². The van der Waals surface area contributed by atoms with E-state index >= 15 is 0 Å². The topological polar surface area (TPSA) is 77.9 Å². The Bertz CT molecular complexity index is 801. The van der Waals surface area contributed by atoms with Crippen molar-refractivity contribution < 1.29 is 18.0 Å². The zero-order chi connectivity index (χ0) is 17.0. The highest BCUT2D eigenvalue weighted by molar-refractivity contribution is 6.30. The van der Waals surface area contributed by atoms with Crippen LogP contribution in [-0.2, 0) is 6.18 Å². The molecule has 1 N–H and O–H groups in total. The number of halogens is 4. The van der Waals surface area contributed by atoms with E-state index in [2.05, 4.69) is 15.3 Å². The summed E-state index contributed by atoms with van der Waals surface area (Å²) in [5.74, 6) is -0.745. The normalized spacial score (nSPS) is 10.8. The Hall–Kier alpha value is -2.70. The number of hydrogen-bond donors (Lipinski definition) is 1. The van der Waals surface area contributed by atoms with Crippen molar-refractivity contribution in [3.63, 3.8) is 0 Å². The number of anilines is 1. The molecule has 0 atom stereocenters. The third-order valence-electron chi connectivity index (χ3n) is 2.80. The van der Waals surface area contributed by atoms with Gasteiger partial charge in [0.2, 0.25) is 0 Å². The van der Waals surface area contributed by atoms with Crippen molar-refractivity contribution in [3.8, 4) is 0 Å². The molecule has 0 aromatic heterocycles. The van der Waals surface area contributed by atoms with Crippen LogP contribution in [0.1, 0.15) is 15.9 Å². The van der Waals surface area contributed by atoms with E-state index in [0.29, 0.717) is 16.8 Å². The fourth-order valence-corrected chi connectivity index (χ4v) is 2.00. The average molecular weight is 341 g/mol. The van der Waals surface area contributed by atoms with Crippen molar-refractivity contribution in [2.75, 3.05) is 5.32 Å². The molecule has 0 fully saturated rings. The van der Waals surface area contributed by atoms with Crippen LogP contribution in [0.15, 0.2) is 47.6 Å². The van der Waals surface area contributed by atoms with Gasteiger partial charge in [-0.3, -0.25) is 4.79 Å². The summed E-state index contributed by atoms with van der Waals surface area (Å²) in [5.41, 5.74) is 6.64. The smallest absolute Gasteiger partial charge is 0.322 e. The number of nitrogens with zero attached hydrogens (tertiary/aromatic N) is 3. The summed E-state index contributed by atoms with van der Waals surface area (Å²) >= 11 is 5.77. The van der Waals surface area contributed by atoms with E-state index in [-0.39, 0.29) is 5.56 Å². The first kappa shape index (κ1) is 16.7. The van der Waals surface area contributed by atoms with Gasteiger partial charge < -0.3 is 5.32 Å². The Kier molecular flexibility index (Phi) is 4.78. The number of carbonyl (C=O) groups is 1. The molecular weight excluding hydrogens is 333 g/mol. The number of rotatable bonds is 3. The molecule has 0 bridgehead atoms. The first-order valence-electron chi connectivity index (χ1n) is 6.14. The van der Waals surface area contributed by atoms with E-state index < -0.39 is 23.3 Å². The number of alkyl halides is 3. The Morgan fingerprint density at radius 3 is 2.57 bits per heavy atom. The Morgan fingerprint density at radius 2 is 1.96 bits per heavy atom. The van der Waals surface area contributed by atoms with Crippen LogP contribution in [0.25, 0.3) is 10.4 Å². The molecule has 2 rings (SSSR count). The second kappa shape index (κ2) is 6.60. The fourth-order valence-electron chi connectivity index (χ4n) is 1.81. The molecule has 1 amide bonds. The van der Waals surface area contributed by atoms with Crippen molar-refractivity contribution in [1.82, 2.24) is 0 Å². The summed E-state index contributed by atoms with van der Waals surface area (Å²) in [4.78, 5) is 14.4. The SMILES string of the molecule is [N-]=[N+]=Nc1ccc(C(=O)Nc2cccc(Cl)c2)cc1C(F)(F)F. The molecule has 0 aliphatic carbocycles. The molecule has 2 aromatic carbocycles. The van der Waals surface area contributed by atoms with Gasteiger partial charge in [0.1, 0.15) is 0 Å². The molecule has 2 aromatic rings. The lowest BCUT2D eigenvalue weighted by molar-refractivity contribution is -0.137. The minimum Gasteiger partial charge on any atom is -0.322 e. The maximum Gasteiger partial charge on any atom is 0.416 e. The number of benzene rings is 2. The van der Waals surface area contributed by atoms with E-state index in [1.807, 2.05) is 0 Å². The molecule has 0 spiro atoms. The zero-order valence-corrected chi connectivity index (χ0v) is 12.1. The number of carbonyl (C=O) groups excluding carboxylic acids is 1. The summed E-state index contributed by atoms with van der Waals surface area (Å²) in [7, 11) is 0. The average Bonchev–Trinajstić information content (AvgIpc) is 2.46. The number of hydrogen-bond acceptors (Lipinski definition) is 2. The molecule has 23 heavy (non-hydrogen) atoms. The molecule has 5 nitrogen and oxygen atoms in total. The van der Waals surface area contributed by atoms with Gasteiger partial charge in [-0.25, -0.2) is 0 Å². The van der Waals surface area contributed by atoms with Crippen LogP contribution < -0.4 is 5.32 Å². The van der Waals surface area contributed by atoms with Gasteiger partial charge in [-0.15, -0.1) is 0 Å². The highest BCUT2D eigenvalue weighted by atomic mass is 35.5. The molecule has 0 unspecified atom stereocenters. The Labute approximate surface area is 133 Å². The number of azide groups is 1. The molecule has 0 heterocycles. The first-order chi connectivity index (χ1) is 10.8. The van der Waals surface area contributed by atoms with E-state index in [4.69, 9.17) is 17.1 Å². The molecule has 0 radical (unpaired) electrons. The van der Waals surface area contributed by atoms with Gasteiger partial charge in [0, 0.05) is 26.9 Å². The largest absolute Gasteiger partial charge is 0.416 e. The zero-order valence-electron chi connectivity index (χ0n) is 11.3. The van der Waals surface area contributed by atoms with Crippen LogP contribution in [0.3, 0.4) is 0 Å². The second-order valence-electron chi connectivity index (χ2n) is 4.38. The van der Waals surface area contributed by atoms with Crippen LogP contribution in [-0.4, -0.2) is 5.91 Å². The Morgan fingerprint density at radius 1 is 1.22 bits per heavy atom. The minimum absolute atomic E-state index is 0.228. The quantitative estimate of drug-likeness (QED) is 0.443. The summed E-state index contributed by atoms with van der Waals surface area (Å²) in [6, 6.07) is 8.89. The van der Waals surface area contributed by atoms with Crippen LogP contribution in [0.5, 0.6) is 0 Å². The van der Waals surface area contributed by atoms with E-state index in [1.54, 1.807) is 18.2 Å². The van der Waals surface area contributed by atoms with Crippen molar-refractivity contribution in [3.05, 3.63) is 69.1 Å². The molecule has 0 aliphatic rings. The number of nitrogens with one attached hydrogen (secondary N) is 1. The lowest BCUT2D eigenvalue weighted by Crippen LogP contribution is -2.14. The minimum atomic E-state index is -4.75. The fraction of sp³-hybridized carbons (Fsp3) is 0.0714. The van der Waals surface area contributed by atoms with Gasteiger partial charge in [0.15, 0.2) is 0 Å². The monoisotopic (exact) mass is 340 g/mol. The maximum atomic E-state index is 13.0. The lowest BCUT2D eigenvalue weighted by Gasteiger charge is -2.12. The first-order valence-corrected chi connectivity index (χ1v) is 6.52. The predicted octanol–water partition coefficient (Wildman–Crippen LogP) is 5.55. The third kappa shape index (κ3) is 4.15. The van der Waals surface area contributed by atoms with Crippen LogP contribution in [0, 0.1) is 0 Å². The van der Waals surface area contributed by atoms with E-state index in [0.717, 1.165) is 12.1 Å². The standard InChI is InChI=1S/C14H8ClF3N4O/c15-9-2-1-3-10(7-9)20-13(23)8-4-5-12(21-22-19)11(6-8)14(16,17)18/h1-7H,(H,20,23). The highest BCUT2D eigenvalue weighted by Gasteiger charge is 2.33. The van der Waals surface area contributed by atoms with Gasteiger partial charge in [0.05, 0.1) is 5.56 Å². The highest BCUT2D eigenvalue weighted by Crippen LogP contribution is 2.37. The predicted molar refractivity (Wildman–Crippen MR) is 79.7 cm³/mol. The Balaban J connectivity index is 2.36. The summed E-state index contributed by atoms with van der Waals surface area (Å²) in [6.45, 7) is 0. The molecule has 118 valence electrons. The van der Waals surface area contributed by atoms with Gasteiger partial charge in [-0.1, -0.05) is 28.8 Å². The van der Waals surface area contributed by atoms with E-state index in [9.17, 15) is 18.0 Å². The summed E-state index contributed by atoms with van der Waals surface area (Å²) < 4.78 is 38.9. The summed E-state index contributed by atoms with van der Waals surface area (Å²) in [6.07, 6.45) is -4.75. The second-order valence-corrected chi connectivity index (χ2v) is 4.82. The van der Waals surface area contributed by atoms with Crippen LogP contribution >= 0.6 is 11.6 Å². The number of amides is 1. The summed E-state index contributed by atoms with van der Waals surface area (Å²) in [5, 5.41) is 5.79. The van der Waals surface area contributed by atoms with E-state index in [1.165, 1.54) is 6.07 Å². The third-order valence-corrected chi connectivity index (χ3v) is 3.03. The maximum absolute atomic E-state index is 13.0. The van der Waals surface area contributed by atoms with Crippen molar-refractivity contribution in [1.29, 1.82) is 0 Å². The molecule has 0 aliphatic heterocycles. The van der Waals surface area contributed by atoms with Gasteiger partial charge >= 0.3 is 6.18 Å². The van der Waals surface area contributed by atoms with Gasteiger partial charge in [-0.2, -0.15) is 13.2 Å². The molecule has 0 saturated carbocycles. The van der Waals surface area contributed by atoms with Crippen molar-refractivity contribution in [2.45, 2.75) is 6.18 Å². The lowest BCUT2D eigenvalue weighted by atomic mass is 10.1.